The Morgan fingerprint density at radius 1 is 1.20 bits per heavy atom. The second kappa shape index (κ2) is 18.0. The van der Waals surface area contributed by atoms with E-state index in [0.717, 1.165) is 19.3 Å². The minimum absolute atomic E-state index is 0. The molecule has 2 atom stereocenters. The molecule has 0 amide bonds. The first-order valence-electron chi connectivity index (χ1n) is 5.55. The van der Waals surface area contributed by atoms with Crippen molar-refractivity contribution in [3.63, 3.8) is 0 Å². The molecule has 0 radical (unpaired) electrons. The van der Waals surface area contributed by atoms with Gasteiger partial charge in [-0.15, -0.1) is 8.58 Å². The second-order valence-corrected chi connectivity index (χ2v) is 6.54. The van der Waals surface area contributed by atoms with E-state index in [4.69, 9.17) is 0 Å². The fourth-order valence-electron chi connectivity index (χ4n) is 1.09. The quantitative estimate of drug-likeness (QED) is 0.503. The summed E-state index contributed by atoms with van der Waals surface area (Å²) in [6.07, 6.45) is 5.32. The summed E-state index contributed by atoms with van der Waals surface area (Å²) in [6, 6.07) is 0. The van der Waals surface area contributed by atoms with Crippen LogP contribution >= 0.6 is 16.6 Å². The summed E-state index contributed by atoms with van der Waals surface area (Å²) in [5.41, 5.74) is -0.0417. The molecule has 2 nitrogen and oxygen atoms in total. The van der Waals surface area contributed by atoms with Crippen LogP contribution in [-0.2, 0) is 4.57 Å². The minimum Gasteiger partial charge on any atom is -0.801 e. The summed E-state index contributed by atoms with van der Waals surface area (Å²) in [6.45, 7) is 8.37. The summed E-state index contributed by atoms with van der Waals surface area (Å²) < 4.78 is 10.4. The van der Waals surface area contributed by atoms with Gasteiger partial charge in [0.2, 0.25) is 0 Å². The summed E-state index contributed by atoms with van der Waals surface area (Å²) in [5, 5.41) is 0. The zero-order valence-electron chi connectivity index (χ0n) is 10.9. The third-order valence-electron chi connectivity index (χ3n) is 1.96. The van der Waals surface area contributed by atoms with Crippen molar-refractivity contribution in [3.05, 3.63) is 0 Å². The molecule has 0 aromatic heterocycles. The fraction of sp³-hybridized carbons (Fsp3) is 1.00. The first kappa shape index (κ1) is 21.9. The molecule has 0 saturated heterocycles. The van der Waals surface area contributed by atoms with E-state index in [1.165, 1.54) is 20.9 Å². The monoisotopic (exact) mass is 262 g/mol. The molecule has 5 heteroatoms. The number of hydrogen-bond acceptors (Lipinski definition) is 2. The van der Waals surface area contributed by atoms with Crippen molar-refractivity contribution in [3.8, 4) is 0 Å². The Hall–Kier alpha value is 1.62. The molecule has 0 spiro atoms. The van der Waals surface area contributed by atoms with Crippen molar-refractivity contribution in [1.29, 1.82) is 0 Å². The van der Waals surface area contributed by atoms with E-state index in [-0.39, 0.29) is 35.2 Å². The molecule has 0 fully saturated rings. The third kappa shape index (κ3) is 18.2. The van der Waals surface area contributed by atoms with Crippen LogP contribution in [0.1, 0.15) is 47.0 Å². The van der Waals surface area contributed by atoms with Gasteiger partial charge in [-0.1, -0.05) is 34.1 Å². The Bertz CT molecular complexity index is 133. The fourth-order valence-corrected chi connectivity index (χ4v) is 2.44. The average Bonchev–Trinajstić information content (AvgIpc) is 2.16. The number of rotatable bonds is 6. The van der Waals surface area contributed by atoms with Crippen LogP contribution in [0.25, 0.3) is 0 Å². The van der Waals surface area contributed by atoms with Gasteiger partial charge >= 0.3 is 29.6 Å². The van der Waals surface area contributed by atoms with Crippen molar-refractivity contribution >= 4 is 16.6 Å². The van der Waals surface area contributed by atoms with Crippen LogP contribution in [0.2, 0.25) is 0 Å². The molecular formula is C10H25NaO2P2. The number of hydrogen-bond donors (Lipinski definition) is 0. The smallest absolute Gasteiger partial charge is 0.801 e. The van der Waals surface area contributed by atoms with Crippen LogP contribution in [-0.4, -0.2) is 18.0 Å². The molecule has 0 bridgehead atoms. The summed E-state index contributed by atoms with van der Waals surface area (Å²) >= 11 is 0. The molecule has 88 valence electrons. The molecule has 0 aliphatic rings. The Kier molecular flexibility index (Phi) is 26.2. The molecular weight excluding hydrogens is 237 g/mol. The van der Waals surface area contributed by atoms with E-state index in [9.17, 15) is 9.46 Å². The van der Waals surface area contributed by atoms with Crippen LogP contribution in [0.4, 0.5) is 0 Å². The van der Waals surface area contributed by atoms with Gasteiger partial charge in [0.15, 0.2) is 0 Å². The first-order valence-corrected chi connectivity index (χ1v) is 8.36. The molecule has 0 aliphatic carbocycles. The van der Waals surface area contributed by atoms with Gasteiger partial charge in [-0.05, 0) is 30.8 Å². The summed E-state index contributed by atoms with van der Waals surface area (Å²) in [4.78, 5) is 10.4. The van der Waals surface area contributed by atoms with Crippen molar-refractivity contribution in [2.45, 2.75) is 52.6 Å². The van der Waals surface area contributed by atoms with E-state index in [1.807, 2.05) is 13.8 Å². The zero-order chi connectivity index (χ0) is 11.4. The van der Waals surface area contributed by atoms with Crippen molar-refractivity contribution in [2.24, 2.45) is 0 Å². The minimum atomic E-state index is -2.49. The predicted octanol–water partition coefficient (Wildman–Crippen LogP) is 0.109. The normalized spacial score (nSPS) is 13.1. The van der Waals surface area contributed by atoms with Crippen LogP contribution in [0, 0.1) is 0 Å². The van der Waals surface area contributed by atoms with E-state index in [2.05, 4.69) is 13.8 Å². The molecule has 0 aromatic rings. The van der Waals surface area contributed by atoms with E-state index in [0.29, 0.717) is 0 Å². The average molecular weight is 262 g/mol. The second-order valence-electron chi connectivity index (χ2n) is 3.17. The van der Waals surface area contributed by atoms with Gasteiger partial charge in [0.05, 0.1) is 0 Å². The Balaban J connectivity index is -0.000000208. The topological polar surface area (TPSA) is 40.1 Å². The summed E-state index contributed by atoms with van der Waals surface area (Å²) in [5.74, 6) is 0. The molecule has 0 aliphatic heterocycles. The van der Waals surface area contributed by atoms with Crippen LogP contribution in [0.5, 0.6) is 0 Å². The third-order valence-corrected chi connectivity index (χ3v) is 4.33. The van der Waals surface area contributed by atoms with Crippen molar-refractivity contribution in [2.75, 3.05) is 12.3 Å². The van der Waals surface area contributed by atoms with Gasteiger partial charge in [-0.3, -0.25) is 0 Å². The Morgan fingerprint density at radius 2 is 1.67 bits per heavy atom. The van der Waals surface area contributed by atoms with Gasteiger partial charge in [-0.25, -0.2) is 0 Å². The Labute approximate surface area is 120 Å². The van der Waals surface area contributed by atoms with Crippen molar-refractivity contribution < 1.29 is 39.0 Å². The maximum atomic E-state index is 10.4. The van der Waals surface area contributed by atoms with Crippen LogP contribution in [0.15, 0.2) is 0 Å². The molecule has 0 heterocycles. The maximum Gasteiger partial charge on any atom is 1.00 e. The van der Waals surface area contributed by atoms with Crippen LogP contribution < -0.4 is 34.5 Å². The SMILES string of the molecule is CCCC(CC)[PH](=O)[O-].CCPCC.[Na+]. The zero-order valence-corrected chi connectivity index (χ0v) is 14.9. The maximum absolute atomic E-state index is 10.4. The van der Waals surface area contributed by atoms with Gasteiger partial charge in [0.25, 0.3) is 0 Å². The van der Waals surface area contributed by atoms with Crippen molar-refractivity contribution in [1.82, 2.24) is 0 Å². The van der Waals surface area contributed by atoms with E-state index < -0.39 is 8.03 Å². The molecule has 0 saturated carbocycles. The van der Waals surface area contributed by atoms with Gasteiger partial charge in [0.1, 0.15) is 0 Å². The van der Waals surface area contributed by atoms with Gasteiger partial charge in [-0.2, -0.15) is 0 Å². The van der Waals surface area contributed by atoms with Gasteiger partial charge < -0.3 is 9.46 Å². The first-order chi connectivity index (χ1) is 6.63. The van der Waals surface area contributed by atoms with E-state index >= 15 is 0 Å². The summed E-state index contributed by atoms with van der Waals surface area (Å²) in [7, 11) is -1.29. The predicted molar refractivity (Wildman–Crippen MR) is 67.4 cm³/mol. The van der Waals surface area contributed by atoms with E-state index in [1.54, 1.807) is 0 Å². The molecule has 0 rings (SSSR count). The van der Waals surface area contributed by atoms with Gasteiger partial charge in [0, 0.05) is 8.03 Å². The molecule has 0 aromatic carbocycles. The molecule has 15 heavy (non-hydrogen) atoms. The Morgan fingerprint density at radius 3 is 1.73 bits per heavy atom. The molecule has 0 N–H and O–H groups in total. The molecule has 2 unspecified atom stereocenters. The standard InChI is InChI=1S/C6H15O2P.C4H11P.Na/c1-3-5-6(4-2)9(7)8;1-3-5-4-2;/h6,9H,3-5H2,1-2H3,(H,7,8);5H,3-4H2,1-2H3;/q;;+1/p-1. The largest absolute Gasteiger partial charge is 1.00 e. The van der Waals surface area contributed by atoms with Crippen LogP contribution in [0.3, 0.4) is 0 Å².